The molecular weight excluding hydrogens is 362 g/mol. The molecule has 6 nitrogen and oxygen atoms in total. The van der Waals surface area contributed by atoms with Crippen molar-refractivity contribution in [2.45, 2.75) is 37.5 Å². The van der Waals surface area contributed by atoms with Gasteiger partial charge < -0.3 is 5.32 Å². The third-order valence-corrected chi connectivity index (χ3v) is 5.66. The number of amides is 1. The molecule has 2 aromatic rings. The second kappa shape index (κ2) is 8.35. The summed E-state index contributed by atoms with van der Waals surface area (Å²) in [5.41, 5.74) is 2.72. The number of carbonyl (C=O) groups excluding carboxylic acids is 1. The molecule has 1 aliphatic rings. The fourth-order valence-corrected chi connectivity index (χ4v) is 4.06. The molecule has 1 heterocycles. The third kappa shape index (κ3) is 5.40. The molecule has 1 aliphatic heterocycles. The van der Waals surface area contributed by atoms with E-state index in [0.29, 0.717) is 37.3 Å². The summed E-state index contributed by atoms with van der Waals surface area (Å²) in [6.07, 6.45) is 2.45. The third-order valence-electron chi connectivity index (χ3n) is 4.28. The smallest absolute Gasteiger partial charge is 0.262 e. The van der Waals surface area contributed by atoms with E-state index in [0.717, 1.165) is 17.5 Å². The Labute approximate surface area is 159 Å². The summed E-state index contributed by atoms with van der Waals surface area (Å²) >= 11 is 0. The Balaban J connectivity index is 1.62. The maximum absolute atomic E-state index is 12.5. The van der Waals surface area contributed by atoms with Gasteiger partial charge in [0.25, 0.3) is 10.0 Å². The van der Waals surface area contributed by atoms with Crippen molar-refractivity contribution in [2.24, 2.45) is 4.99 Å². The first-order valence-corrected chi connectivity index (χ1v) is 10.4. The van der Waals surface area contributed by atoms with Gasteiger partial charge in [0.15, 0.2) is 0 Å². The molecule has 3 rings (SSSR count). The Bertz CT molecular complexity index is 968. The minimum atomic E-state index is -3.69. The molecular formula is C20H23N3O3S. The largest absolute Gasteiger partial charge is 0.326 e. The van der Waals surface area contributed by atoms with Crippen LogP contribution >= 0.6 is 0 Å². The van der Waals surface area contributed by atoms with Crippen molar-refractivity contribution in [3.8, 4) is 0 Å². The summed E-state index contributed by atoms with van der Waals surface area (Å²) in [5, 5.41) is 2.77. The quantitative estimate of drug-likeness (QED) is 0.801. The van der Waals surface area contributed by atoms with Crippen LogP contribution in [0.25, 0.3) is 0 Å². The molecule has 0 radical (unpaired) electrons. The number of nitrogens with one attached hydrogen (secondary N) is 2. The molecule has 27 heavy (non-hydrogen) atoms. The van der Waals surface area contributed by atoms with Crippen LogP contribution < -0.4 is 10.0 Å². The number of hydrogen-bond acceptors (Lipinski definition) is 4. The molecule has 0 aromatic heterocycles. The van der Waals surface area contributed by atoms with E-state index in [1.807, 2.05) is 25.1 Å². The van der Waals surface area contributed by atoms with E-state index in [9.17, 15) is 13.2 Å². The lowest BCUT2D eigenvalue weighted by atomic mass is 10.1. The van der Waals surface area contributed by atoms with Crippen LogP contribution in [0.2, 0.25) is 0 Å². The zero-order valence-electron chi connectivity index (χ0n) is 15.2. The standard InChI is InChI=1S/C20H23N3O3S/c1-15-5-2-6-16(13-15)10-11-20(24)22-17-7-3-8-18(14-17)27(25,26)23-19-9-4-12-21-19/h2-3,5-8,13-14H,4,9-12H2,1H3,(H,21,23)(H,22,24). The van der Waals surface area contributed by atoms with Crippen LogP contribution in [0.5, 0.6) is 0 Å². The van der Waals surface area contributed by atoms with E-state index < -0.39 is 10.0 Å². The van der Waals surface area contributed by atoms with Gasteiger partial charge in [0.2, 0.25) is 5.91 Å². The number of aliphatic imine (C=N–C) groups is 1. The van der Waals surface area contributed by atoms with E-state index in [-0.39, 0.29) is 10.8 Å². The lowest BCUT2D eigenvalue weighted by Gasteiger charge is -2.10. The van der Waals surface area contributed by atoms with E-state index >= 15 is 0 Å². The zero-order valence-corrected chi connectivity index (χ0v) is 16.1. The number of benzene rings is 2. The number of anilines is 1. The molecule has 0 aliphatic carbocycles. The first-order valence-electron chi connectivity index (χ1n) is 8.94. The summed E-state index contributed by atoms with van der Waals surface area (Å²) in [4.78, 5) is 16.5. The fraction of sp³-hybridized carbons (Fsp3) is 0.300. The Morgan fingerprint density at radius 2 is 1.96 bits per heavy atom. The molecule has 1 amide bonds. The number of aryl methyl sites for hydroxylation is 2. The van der Waals surface area contributed by atoms with Crippen LogP contribution in [0.1, 0.15) is 30.4 Å². The Morgan fingerprint density at radius 3 is 2.70 bits per heavy atom. The van der Waals surface area contributed by atoms with Crippen LogP contribution in [0, 0.1) is 6.92 Å². The molecule has 0 saturated carbocycles. The molecule has 0 spiro atoms. The van der Waals surface area contributed by atoms with E-state index in [4.69, 9.17) is 0 Å². The van der Waals surface area contributed by atoms with Gasteiger partial charge in [-0.15, -0.1) is 0 Å². The number of amidine groups is 1. The van der Waals surface area contributed by atoms with E-state index in [1.54, 1.807) is 12.1 Å². The van der Waals surface area contributed by atoms with Crippen LogP contribution in [0.15, 0.2) is 58.4 Å². The highest BCUT2D eigenvalue weighted by molar-refractivity contribution is 7.90. The van der Waals surface area contributed by atoms with Crippen molar-refractivity contribution >= 4 is 27.5 Å². The summed E-state index contributed by atoms with van der Waals surface area (Å²) in [5.74, 6) is 0.335. The van der Waals surface area contributed by atoms with Gasteiger partial charge >= 0.3 is 0 Å². The van der Waals surface area contributed by atoms with Crippen LogP contribution in [-0.2, 0) is 21.2 Å². The highest BCUT2D eigenvalue weighted by Crippen LogP contribution is 2.17. The van der Waals surface area contributed by atoms with Crippen molar-refractivity contribution in [3.63, 3.8) is 0 Å². The second-order valence-corrected chi connectivity index (χ2v) is 8.28. The number of sulfonamides is 1. The maximum atomic E-state index is 12.5. The molecule has 0 atom stereocenters. The SMILES string of the molecule is Cc1cccc(CCC(=O)Nc2cccc(S(=O)(=O)NC3=NCCC3)c2)c1. The normalized spacial score (nSPS) is 13.9. The molecule has 2 aromatic carbocycles. The molecule has 0 unspecified atom stereocenters. The predicted octanol–water partition coefficient (Wildman–Crippen LogP) is 3.04. The minimum absolute atomic E-state index is 0.105. The van der Waals surface area contributed by atoms with Gasteiger partial charge in [0.1, 0.15) is 5.84 Å². The Kier molecular flexibility index (Phi) is 5.91. The minimum Gasteiger partial charge on any atom is -0.326 e. The van der Waals surface area contributed by atoms with Crippen molar-refractivity contribution < 1.29 is 13.2 Å². The lowest BCUT2D eigenvalue weighted by Crippen LogP contribution is -2.29. The van der Waals surface area contributed by atoms with Gasteiger partial charge in [-0.2, -0.15) is 0 Å². The average molecular weight is 385 g/mol. The zero-order chi connectivity index (χ0) is 19.3. The summed E-state index contributed by atoms with van der Waals surface area (Å²) in [6.45, 7) is 2.66. The fourth-order valence-electron chi connectivity index (χ4n) is 2.93. The van der Waals surface area contributed by atoms with Gasteiger partial charge in [0, 0.05) is 25.1 Å². The first kappa shape index (κ1) is 19.1. The highest BCUT2D eigenvalue weighted by atomic mass is 32.2. The molecule has 0 saturated heterocycles. The molecule has 2 N–H and O–H groups in total. The van der Waals surface area contributed by atoms with E-state index in [2.05, 4.69) is 21.1 Å². The molecule has 0 fully saturated rings. The molecule has 7 heteroatoms. The van der Waals surface area contributed by atoms with Gasteiger partial charge in [-0.3, -0.25) is 14.5 Å². The van der Waals surface area contributed by atoms with Crippen LogP contribution in [-0.4, -0.2) is 26.7 Å². The van der Waals surface area contributed by atoms with Gasteiger partial charge in [0.05, 0.1) is 4.90 Å². The lowest BCUT2D eigenvalue weighted by molar-refractivity contribution is -0.116. The second-order valence-electron chi connectivity index (χ2n) is 6.60. The van der Waals surface area contributed by atoms with Gasteiger partial charge in [-0.05, 0) is 43.5 Å². The first-order chi connectivity index (χ1) is 12.9. The maximum Gasteiger partial charge on any atom is 0.262 e. The summed E-state index contributed by atoms with van der Waals surface area (Å²) in [6, 6.07) is 14.3. The summed E-state index contributed by atoms with van der Waals surface area (Å²) < 4.78 is 27.4. The van der Waals surface area contributed by atoms with Crippen molar-refractivity contribution in [1.29, 1.82) is 0 Å². The number of nitrogens with zero attached hydrogens (tertiary/aromatic N) is 1. The predicted molar refractivity (Wildman–Crippen MR) is 106 cm³/mol. The number of rotatable bonds is 6. The molecule has 142 valence electrons. The number of carbonyl (C=O) groups is 1. The topological polar surface area (TPSA) is 87.6 Å². The summed E-state index contributed by atoms with van der Waals surface area (Å²) in [7, 11) is -3.69. The Morgan fingerprint density at radius 1 is 1.15 bits per heavy atom. The van der Waals surface area contributed by atoms with E-state index in [1.165, 1.54) is 12.1 Å². The van der Waals surface area contributed by atoms with Crippen molar-refractivity contribution in [1.82, 2.24) is 4.72 Å². The molecule has 0 bridgehead atoms. The highest BCUT2D eigenvalue weighted by Gasteiger charge is 2.18. The van der Waals surface area contributed by atoms with Crippen LogP contribution in [0.3, 0.4) is 0 Å². The van der Waals surface area contributed by atoms with Crippen molar-refractivity contribution in [3.05, 3.63) is 59.7 Å². The van der Waals surface area contributed by atoms with Crippen LogP contribution in [0.4, 0.5) is 5.69 Å². The average Bonchev–Trinajstić information content (AvgIpc) is 3.13. The van der Waals surface area contributed by atoms with Crippen molar-refractivity contribution in [2.75, 3.05) is 11.9 Å². The monoisotopic (exact) mass is 385 g/mol. The Hall–Kier alpha value is -2.67. The number of hydrogen-bond donors (Lipinski definition) is 2. The van der Waals surface area contributed by atoms with Gasteiger partial charge in [-0.1, -0.05) is 35.9 Å². The van der Waals surface area contributed by atoms with Gasteiger partial charge in [-0.25, -0.2) is 8.42 Å².